The number of hydrogen-bond acceptors (Lipinski definition) is 7. The Morgan fingerprint density at radius 2 is 1.56 bits per heavy atom. The molecule has 6 rings (SSSR count). The molecule has 3 aromatic rings. The molecule has 0 spiro atoms. The molecule has 3 fully saturated rings. The molecule has 0 bridgehead atoms. The lowest BCUT2D eigenvalue weighted by atomic mass is 9.48. The number of fused-ring (bicyclic) bond motifs is 1. The number of esters is 1. The van der Waals surface area contributed by atoms with Gasteiger partial charge in [-0.15, -0.1) is 11.3 Å². The maximum atomic E-state index is 12.3. The van der Waals surface area contributed by atoms with Crippen LogP contribution in [0.3, 0.4) is 0 Å². The van der Waals surface area contributed by atoms with Gasteiger partial charge in [-0.05, 0) is 96.4 Å². The molecule has 1 heterocycles. The second kappa shape index (κ2) is 14.6. The molecule has 272 valence electrons. The molecule has 0 aliphatic heterocycles. The van der Waals surface area contributed by atoms with Crippen LogP contribution in [0.1, 0.15) is 103 Å². The summed E-state index contributed by atoms with van der Waals surface area (Å²) in [7, 11) is -2.50. The summed E-state index contributed by atoms with van der Waals surface area (Å²) in [5.41, 5.74) is 1.20. The van der Waals surface area contributed by atoms with Crippen LogP contribution < -0.4 is 0 Å². The van der Waals surface area contributed by atoms with Crippen molar-refractivity contribution in [1.29, 1.82) is 0 Å². The van der Waals surface area contributed by atoms with Gasteiger partial charge in [-0.2, -0.15) is 0 Å². The lowest BCUT2D eigenvalue weighted by Crippen LogP contribution is -2.58. The Labute approximate surface area is 305 Å². The highest BCUT2D eigenvalue weighted by molar-refractivity contribution is 7.09. The minimum absolute atomic E-state index is 0.0304. The lowest BCUT2D eigenvalue weighted by molar-refractivity contribution is -0.161. The first-order valence-electron chi connectivity index (χ1n) is 18.9. The largest absolute Gasteiger partial charge is 0.466 e. The zero-order valence-corrected chi connectivity index (χ0v) is 32.9. The van der Waals surface area contributed by atoms with E-state index in [0.29, 0.717) is 13.0 Å². The number of nitrogens with zero attached hydrogens (tertiary/aromatic N) is 1. The smallest absolute Gasteiger partial charge is 0.302 e. The molecule has 2 aromatic carbocycles. The summed E-state index contributed by atoms with van der Waals surface area (Å²) in [5.74, 6) is 0.361. The molecule has 8 atom stereocenters. The van der Waals surface area contributed by atoms with Gasteiger partial charge < -0.3 is 19.4 Å². The highest BCUT2D eigenvalue weighted by atomic mass is 32.1. The summed E-state index contributed by atoms with van der Waals surface area (Å²) in [4.78, 5) is 16.9. The van der Waals surface area contributed by atoms with E-state index in [1.807, 2.05) is 5.38 Å². The van der Waals surface area contributed by atoms with Crippen LogP contribution >= 0.6 is 11.3 Å². The number of ether oxygens (including phenoxy) is 1. The fourth-order valence-corrected chi connectivity index (χ4v) is 15.9. The molecule has 3 aliphatic carbocycles. The van der Waals surface area contributed by atoms with Gasteiger partial charge in [-0.1, -0.05) is 95.3 Å². The van der Waals surface area contributed by atoms with Crippen molar-refractivity contribution in [1.82, 2.24) is 4.98 Å². The maximum Gasteiger partial charge on any atom is 0.302 e. The summed E-state index contributed by atoms with van der Waals surface area (Å²) >= 11 is 1.54. The topological polar surface area (TPSA) is 88.9 Å². The number of carbonyl (C=O) groups is 1. The van der Waals surface area contributed by atoms with Crippen LogP contribution in [0.25, 0.3) is 0 Å². The summed E-state index contributed by atoms with van der Waals surface area (Å²) in [6.45, 7) is 13.7. The number of aromatic nitrogens is 1. The van der Waals surface area contributed by atoms with E-state index in [4.69, 9.17) is 9.16 Å². The predicted molar refractivity (Wildman–Crippen MR) is 203 cm³/mol. The molecule has 1 aromatic heterocycles. The van der Waals surface area contributed by atoms with E-state index >= 15 is 0 Å². The molecular formula is C42H59NO5SSi. The van der Waals surface area contributed by atoms with Crippen molar-refractivity contribution in [3.05, 3.63) is 88.4 Å². The summed E-state index contributed by atoms with van der Waals surface area (Å²) in [6.07, 6.45) is 7.95. The number of carbonyl (C=O) groups excluding carboxylic acids is 1. The number of thiazole rings is 1. The van der Waals surface area contributed by atoms with E-state index in [2.05, 4.69) is 100 Å². The minimum Gasteiger partial charge on any atom is -0.466 e. The number of rotatable bonds is 11. The van der Waals surface area contributed by atoms with E-state index in [0.717, 1.165) is 55.6 Å². The predicted octanol–water partition coefficient (Wildman–Crippen LogP) is 8.83. The van der Waals surface area contributed by atoms with E-state index in [9.17, 15) is 15.0 Å². The molecule has 6 nitrogen and oxygen atoms in total. The normalized spacial score (nSPS) is 33.2. The molecule has 0 unspecified atom stereocenters. The SMILES string of the molecule is CC(=O)OC[C@H]1C[C@@H](O[Si](Cc2ccccc2)(Cc2ccccc2)C(C)(C)C)CC[C@]1(C)[C@H]1CC[C@@]2(C)[C@@H](CC[C@@]2(O)c2nccs2)[C@@H]1CO. The van der Waals surface area contributed by atoms with Crippen molar-refractivity contribution in [2.75, 3.05) is 13.2 Å². The molecule has 50 heavy (non-hydrogen) atoms. The van der Waals surface area contributed by atoms with Crippen molar-refractivity contribution >= 4 is 25.6 Å². The first-order chi connectivity index (χ1) is 23.7. The lowest BCUT2D eigenvalue weighted by Gasteiger charge is -2.58. The monoisotopic (exact) mass is 717 g/mol. The van der Waals surface area contributed by atoms with Gasteiger partial charge in [0, 0.05) is 42.5 Å². The van der Waals surface area contributed by atoms with Crippen LogP contribution in [0.4, 0.5) is 0 Å². The Kier molecular flexibility index (Phi) is 10.9. The van der Waals surface area contributed by atoms with Crippen LogP contribution in [-0.4, -0.2) is 48.8 Å². The Bertz CT molecular complexity index is 1520. The highest BCUT2D eigenvalue weighted by Gasteiger charge is 2.65. The summed E-state index contributed by atoms with van der Waals surface area (Å²) in [5, 5.41) is 26.1. The zero-order chi connectivity index (χ0) is 35.8. The van der Waals surface area contributed by atoms with Crippen LogP contribution in [0.15, 0.2) is 72.2 Å². The molecule has 8 heteroatoms. The minimum atomic E-state index is -2.50. The number of benzene rings is 2. The van der Waals surface area contributed by atoms with E-state index in [1.54, 1.807) is 17.5 Å². The first kappa shape index (κ1) is 37.4. The van der Waals surface area contributed by atoms with Gasteiger partial charge in [-0.3, -0.25) is 4.79 Å². The molecule has 0 radical (unpaired) electrons. The second-order valence-electron chi connectivity index (χ2n) is 17.3. The van der Waals surface area contributed by atoms with Gasteiger partial charge in [0.05, 0.1) is 6.61 Å². The molecule has 0 amide bonds. The average Bonchev–Trinajstić information content (AvgIpc) is 3.72. The Morgan fingerprint density at radius 1 is 0.940 bits per heavy atom. The Hall–Kier alpha value is -2.36. The van der Waals surface area contributed by atoms with E-state index in [1.165, 1.54) is 18.1 Å². The molecular weight excluding hydrogens is 659 g/mol. The van der Waals surface area contributed by atoms with Crippen LogP contribution in [-0.2, 0) is 31.6 Å². The third kappa shape index (κ3) is 6.92. The number of aliphatic hydroxyl groups excluding tert-OH is 1. The second-order valence-corrected chi connectivity index (χ2v) is 22.7. The van der Waals surface area contributed by atoms with Gasteiger partial charge in [0.25, 0.3) is 0 Å². The first-order valence-corrected chi connectivity index (χ1v) is 22.1. The van der Waals surface area contributed by atoms with Crippen molar-refractivity contribution in [2.24, 2.45) is 34.5 Å². The molecule has 2 N–H and O–H groups in total. The highest BCUT2D eigenvalue weighted by Crippen LogP contribution is 2.67. The van der Waals surface area contributed by atoms with Crippen molar-refractivity contribution in [2.45, 2.75) is 115 Å². The number of aliphatic hydroxyl groups is 2. The van der Waals surface area contributed by atoms with E-state index in [-0.39, 0.29) is 58.2 Å². The molecule has 3 aliphatic rings. The van der Waals surface area contributed by atoms with Crippen LogP contribution in [0, 0.1) is 34.5 Å². The standard InChI is InChI=1S/C42H59NO5SSi/c1-30(45)47-27-33-25-34(48-50(39(2,3)4,28-31-13-9-7-10-14-31)29-32-15-11-8-12-16-32)17-20-40(33,5)36-18-21-41(6)37(35(36)26-44)19-22-42(41,46)38-43-23-24-49-38/h7-16,23-24,33-37,44,46H,17-22,25-29H2,1-6H3/t33-,34+,35-,36+,37+,40+,41+,42-/m1/s1. The van der Waals surface area contributed by atoms with Crippen LogP contribution in [0.5, 0.6) is 0 Å². The zero-order valence-electron chi connectivity index (χ0n) is 31.1. The number of hydrogen-bond donors (Lipinski definition) is 2. The van der Waals surface area contributed by atoms with Crippen molar-refractivity contribution < 1.29 is 24.2 Å². The van der Waals surface area contributed by atoms with Gasteiger partial charge in [0.1, 0.15) is 10.6 Å². The average molecular weight is 718 g/mol. The fourth-order valence-electron chi connectivity index (χ4n) is 10.6. The maximum absolute atomic E-state index is 12.3. The Morgan fingerprint density at radius 3 is 2.10 bits per heavy atom. The van der Waals surface area contributed by atoms with Gasteiger partial charge in [0.15, 0.2) is 0 Å². The quantitative estimate of drug-likeness (QED) is 0.152. The fraction of sp³-hybridized carbons (Fsp3) is 0.619. The third-order valence-electron chi connectivity index (χ3n) is 13.8. The van der Waals surface area contributed by atoms with Crippen LogP contribution in [0.2, 0.25) is 5.04 Å². The Balaban J connectivity index is 1.30. The summed E-state index contributed by atoms with van der Waals surface area (Å²) in [6, 6.07) is 23.6. The molecule has 3 saturated carbocycles. The van der Waals surface area contributed by atoms with Gasteiger partial charge in [-0.25, -0.2) is 4.98 Å². The van der Waals surface area contributed by atoms with Crippen molar-refractivity contribution in [3.8, 4) is 0 Å². The molecule has 0 saturated heterocycles. The van der Waals surface area contributed by atoms with Gasteiger partial charge >= 0.3 is 5.97 Å². The van der Waals surface area contributed by atoms with Gasteiger partial charge in [0.2, 0.25) is 8.32 Å². The third-order valence-corrected chi connectivity index (χ3v) is 20.2. The van der Waals surface area contributed by atoms with E-state index < -0.39 is 13.9 Å². The summed E-state index contributed by atoms with van der Waals surface area (Å²) < 4.78 is 13.6. The van der Waals surface area contributed by atoms with Crippen molar-refractivity contribution in [3.63, 3.8) is 0 Å².